The number of hydrogen-bond acceptors (Lipinski definition) is 0. The van der Waals surface area contributed by atoms with Gasteiger partial charge in [0.15, 0.2) is 0 Å². The van der Waals surface area contributed by atoms with E-state index in [-0.39, 0.29) is 0 Å². The van der Waals surface area contributed by atoms with E-state index in [0.29, 0.717) is 5.92 Å². The molecular weight excluding hydrogens is 120 g/mol. The zero-order valence-electron chi connectivity index (χ0n) is 7.23. The molecule has 0 aliphatic rings. The first-order valence-corrected chi connectivity index (χ1v) is 3.85. The van der Waals surface area contributed by atoms with Gasteiger partial charge >= 0.3 is 0 Å². The van der Waals surface area contributed by atoms with Gasteiger partial charge in [0, 0.05) is 0 Å². The minimum absolute atomic E-state index is 0.675. The minimum atomic E-state index is 0.675. The maximum atomic E-state index is 2.24. The molecule has 1 aromatic carbocycles. The van der Waals surface area contributed by atoms with E-state index in [1.165, 1.54) is 16.7 Å². The predicted octanol–water partition coefficient (Wildman–Crippen LogP) is 3.15. The zero-order chi connectivity index (χ0) is 7.72. The van der Waals surface area contributed by atoms with Crippen LogP contribution in [-0.4, -0.2) is 0 Å². The normalized spacial score (nSPS) is 10.9. The van der Waals surface area contributed by atoms with Crippen LogP contribution in [0.2, 0.25) is 0 Å². The van der Waals surface area contributed by atoms with Gasteiger partial charge in [0.05, 0.1) is 0 Å². The molecule has 10 heavy (non-hydrogen) atoms. The summed E-state index contributed by atoms with van der Waals surface area (Å²) in [5.74, 6) is 0.675. The van der Waals surface area contributed by atoms with E-state index in [4.69, 9.17) is 0 Å². The van der Waals surface area contributed by atoms with Crippen molar-refractivity contribution in [1.82, 2.24) is 0 Å². The molecule has 1 rings (SSSR count). The van der Waals surface area contributed by atoms with Crippen molar-refractivity contribution in [2.45, 2.75) is 33.6 Å². The van der Waals surface area contributed by atoms with Crippen LogP contribution in [0, 0.1) is 13.8 Å². The van der Waals surface area contributed by atoms with Crippen LogP contribution in [0.3, 0.4) is 0 Å². The topological polar surface area (TPSA) is 0 Å². The second-order valence-corrected chi connectivity index (χ2v) is 3.25. The first-order chi connectivity index (χ1) is 4.63. The van der Waals surface area contributed by atoms with E-state index in [1.807, 2.05) is 0 Å². The van der Waals surface area contributed by atoms with Crippen LogP contribution in [-0.2, 0) is 0 Å². The van der Waals surface area contributed by atoms with Crippen molar-refractivity contribution in [2.75, 3.05) is 0 Å². The lowest BCUT2D eigenvalue weighted by Gasteiger charge is -2.11. The molecule has 0 aromatic heterocycles. The van der Waals surface area contributed by atoms with Gasteiger partial charge in [-0.3, -0.25) is 0 Å². The lowest BCUT2D eigenvalue weighted by Crippen LogP contribution is -1.86. The summed E-state index contributed by atoms with van der Waals surface area (Å²) < 4.78 is 0. The summed E-state index contributed by atoms with van der Waals surface area (Å²) in [6.07, 6.45) is 0. The molecule has 0 N–H and O–H groups in total. The fraction of sp³-hybridized carbons (Fsp3) is 0.500. The highest BCUT2D eigenvalue weighted by Crippen LogP contribution is 2.22. The molecular formula is C10H15-. The monoisotopic (exact) mass is 135 g/mol. The van der Waals surface area contributed by atoms with E-state index >= 15 is 0 Å². The molecule has 0 unspecified atom stereocenters. The first kappa shape index (κ1) is 7.46. The van der Waals surface area contributed by atoms with Crippen molar-refractivity contribution in [2.24, 2.45) is 0 Å². The average Bonchev–Trinajstić information content (AvgIpc) is 2.14. The lowest BCUT2D eigenvalue weighted by molar-refractivity contribution is 0.861. The Morgan fingerprint density at radius 2 is 1.90 bits per heavy atom. The fourth-order valence-electron chi connectivity index (χ4n) is 1.32. The summed E-state index contributed by atoms with van der Waals surface area (Å²) in [5, 5.41) is 0. The van der Waals surface area contributed by atoms with Crippen LogP contribution in [0.15, 0.2) is 12.1 Å². The smallest absolute Gasteiger partial charge is 0.0630 e. The standard InChI is InChI=1S/C10H15/c1-7(2)10-6-5-8(3)9(10)4/h5-7H,1-4H3/q-1. The van der Waals surface area contributed by atoms with E-state index in [9.17, 15) is 0 Å². The quantitative estimate of drug-likeness (QED) is 0.519. The lowest BCUT2D eigenvalue weighted by atomic mass is 10.0. The first-order valence-electron chi connectivity index (χ1n) is 3.85. The van der Waals surface area contributed by atoms with Gasteiger partial charge in [-0.1, -0.05) is 33.6 Å². The number of rotatable bonds is 1. The van der Waals surface area contributed by atoms with Gasteiger partial charge in [-0.25, -0.2) is 6.07 Å². The second kappa shape index (κ2) is 2.53. The summed E-state index contributed by atoms with van der Waals surface area (Å²) >= 11 is 0. The van der Waals surface area contributed by atoms with Crippen LogP contribution in [0.25, 0.3) is 0 Å². The van der Waals surface area contributed by atoms with Crippen molar-refractivity contribution in [3.05, 3.63) is 28.8 Å². The molecule has 0 radical (unpaired) electrons. The van der Waals surface area contributed by atoms with Gasteiger partial charge in [-0.2, -0.15) is 22.8 Å². The van der Waals surface area contributed by atoms with Crippen LogP contribution in [0.1, 0.15) is 36.5 Å². The van der Waals surface area contributed by atoms with Gasteiger partial charge in [0.2, 0.25) is 0 Å². The second-order valence-electron chi connectivity index (χ2n) is 3.25. The fourth-order valence-corrected chi connectivity index (χ4v) is 1.32. The molecule has 0 saturated carbocycles. The molecule has 1 aromatic rings. The third kappa shape index (κ3) is 1.11. The van der Waals surface area contributed by atoms with Crippen molar-refractivity contribution in [1.29, 1.82) is 0 Å². The molecule has 0 amide bonds. The summed E-state index contributed by atoms with van der Waals surface area (Å²) in [7, 11) is 0. The summed E-state index contributed by atoms with van der Waals surface area (Å²) in [5.41, 5.74) is 4.39. The maximum absolute atomic E-state index is 2.24. The van der Waals surface area contributed by atoms with E-state index < -0.39 is 0 Å². The Kier molecular flexibility index (Phi) is 1.89. The maximum Gasteiger partial charge on any atom is -0.0630 e. The molecule has 0 heterocycles. The highest BCUT2D eigenvalue weighted by molar-refractivity contribution is 5.37. The molecule has 56 valence electrons. The summed E-state index contributed by atoms with van der Waals surface area (Å²) in [4.78, 5) is 0. The highest BCUT2D eigenvalue weighted by Gasteiger charge is 1.95. The van der Waals surface area contributed by atoms with Crippen molar-refractivity contribution >= 4 is 0 Å². The van der Waals surface area contributed by atoms with Crippen molar-refractivity contribution in [3.63, 3.8) is 0 Å². The third-order valence-electron chi connectivity index (χ3n) is 2.16. The van der Waals surface area contributed by atoms with E-state index in [2.05, 4.69) is 39.8 Å². The molecule has 0 fully saturated rings. The molecule has 0 bridgehead atoms. The molecule has 0 atom stereocenters. The average molecular weight is 135 g/mol. The van der Waals surface area contributed by atoms with E-state index in [0.717, 1.165) is 0 Å². The number of hydrogen-bond donors (Lipinski definition) is 0. The van der Waals surface area contributed by atoms with E-state index in [1.54, 1.807) is 0 Å². The molecule has 0 nitrogen and oxygen atoms in total. The Balaban J connectivity index is 3.05. The predicted molar refractivity (Wildman–Crippen MR) is 45.6 cm³/mol. The minimum Gasteiger partial charge on any atom is -0.210 e. The Morgan fingerprint density at radius 3 is 2.10 bits per heavy atom. The van der Waals surface area contributed by atoms with Crippen LogP contribution in [0.4, 0.5) is 0 Å². The third-order valence-corrected chi connectivity index (χ3v) is 2.16. The van der Waals surface area contributed by atoms with Gasteiger partial charge in [-0.05, 0) is 0 Å². The zero-order valence-corrected chi connectivity index (χ0v) is 7.23. The van der Waals surface area contributed by atoms with Crippen LogP contribution in [0.5, 0.6) is 0 Å². The molecule has 0 aliphatic carbocycles. The van der Waals surface area contributed by atoms with Crippen molar-refractivity contribution in [3.8, 4) is 0 Å². The highest BCUT2D eigenvalue weighted by atomic mass is 14.1. The summed E-state index contributed by atoms with van der Waals surface area (Å²) in [6.45, 7) is 8.84. The Morgan fingerprint density at radius 1 is 1.30 bits per heavy atom. The van der Waals surface area contributed by atoms with Crippen LogP contribution >= 0.6 is 0 Å². The van der Waals surface area contributed by atoms with Gasteiger partial charge in [0.25, 0.3) is 0 Å². The molecule has 0 heteroatoms. The number of aryl methyl sites for hydroxylation is 1. The van der Waals surface area contributed by atoms with Gasteiger partial charge in [-0.15, -0.1) is 0 Å². The SMILES string of the molecule is Cc1cc[c-](C(C)C)c1C. The van der Waals surface area contributed by atoms with Crippen LogP contribution < -0.4 is 0 Å². The largest absolute Gasteiger partial charge is 0.210 e. The Bertz CT molecular complexity index is 216. The Hall–Kier alpha value is -0.650. The van der Waals surface area contributed by atoms with Gasteiger partial charge in [0.1, 0.15) is 0 Å². The molecule has 0 spiro atoms. The van der Waals surface area contributed by atoms with Gasteiger partial charge < -0.3 is 0 Å². The van der Waals surface area contributed by atoms with Crippen molar-refractivity contribution < 1.29 is 0 Å². The molecule has 0 aliphatic heterocycles. The Labute approximate surface area is 63.2 Å². The summed E-state index contributed by atoms with van der Waals surface area (Å²) in [6, 6.07) is 4.43. The molecule has 0 saturated heterocycles.